The molecule has 0 radical (unpaired) electrons. The van der Waals surface area contributed by atoms with Gasteiger partial charge < -0.3 is 10.1 Å². The topological polar surface area (TPSA) is 21.3 Å². The smallest absolute Gasteiger partial charge is 0.128 e. The van der Waals surface area contributed by atoms with Gasteiger partial charge in [-0.05, 0) is 43.3 Å². The zero-order valence-electron chi connectivity index (χ0n) is 11.7. The minimum atomic E-state index is -0.212. The fourth-order valence-electron chi connectivity index (χ4n) is 2.21. The first kappa shape index (κ1) is 15.0. The van der Waals surface area contributed by atoms with Gasteiger partial charge in [0, 0.05) is 10.0 Å². The van der Waals surface area contributed by atoms with Crippen molar-refractivity contribution >= 4 is 15.9 Å². The molecule has 0 saturated heterocycles. The quantitative estimate of drug-likeness (QED) is 0.902. The molecule has 20 heavy (non-hydrogen) atoms. The Morgan fingerprint density at radius 3 is 2.40 bits per heavy atom. The van der Waals surface area contributed by atoms with Gasteiger partial charge in [0.15, 0.2) is 0 Å². The van der Waals surface area contributed by atoms with Crippen molar-refractivity contribution in [2.24, 2.45) is 0 Å². The van der Waals surface area contributed by atoms with E-state index < -0.39 is 0 Å². The Hall–Kier alpha value is -1.39. The lowest BCUT2D eigenvalue weighted by molar-refractivity contribution is 0.414. The van der Waals surface area contributed by atoms with Crippen molar-refractivity contribution < 1.29 is 9.13 Å². The summed E-state index contributed by atoms with van der Waals surface area (Å²) in [6.07, 6.45) is 0. The van der Waals surface area contributed by atoms with Crippen LogP contribution in [0.2, 0.25) is 0 Å². The second-order valence-corrected chi connectivity index (χ2v) is 5.49. The van der Waals surface area contributed by atoms with Gasteiger partial charge in [0.2, 0.25) is 0 Å². The van der Waals surface area contributed by atoms with E-state index in [0.29, 0.717) is 5.56 Å². The standard InChI is InChI=1S/C16H17BrFNO/c1-10-4-6-13(15(18)8-10)16(19-2)12-7-5-11(20-3)9-14(12)17/h4-9,16,19H,1-3H3. The first-order valence-corrected chi connectivity index (χ1v) is 7.13. The number of methoxy groups -OCH3 is 1. The predicted octanol–water partition coefficient (Wildman–Crippen LogP) is 4.21. The van der Waals surface area contributed by atoms with Gasteiger partial charge >= 0.3 is 0 Å². The highest BCUT2D eigenvalue weighted by molar-refractivity contribution is 9.10. The van der Waals surface area contributed by atoms with E-state index in [4.69, 9.17) is 4.74 Å². The summed E-state index contributed by atoms with van der Waals surface area (Å²) in [5.41, 5.74) is 2.51. The van der Waals surface area contributed by atoms with Crippen LogP contribution >= 0.6 is 15.9 Å². The van der Waals surface area contributed by atoms with Crippen LogP contribution in [-0.2, 0) is 0 Å². The molecule has 2 aromatic carbocycles. The van der Waals surface area contributed by atoms with Crippen LogP contribution in [0.3, 0.4) is 0 Å². The number of nitrogens with one attached hydrogen (secondary N) is 1. The summed E-state index contributed by atoms with van der Waals surface area (Å²) in [6.45, 7) is 1.88. The molecule has 1 atom stereocenters. The summed E-state index contributed by atoms with van der Waals surface area (Å²) >= 11 is 3.52. The second kappa shape index (κ2) is 6.37. The summed E-state index contributed by atoms with van der Waals surface area (Å²) in [7, 11) is 3.44. The molecule has 0 fully saturated rings. The average Bonchev–Trinajstić information content (AvgIpc) is 2.43. The predicted molar refractivity (Wildman–Crippen MR) is 82.7 cm³/mol. The lowest BCUT2D eigenvalue weighted by Gasteiger charge is -2.20. The second-order valence-electron chi connectivity index (χ2n) is 4.63. The molecule has 2 aromatic rings. The van der Waals surface area contributed by atoms with E-state index in [1.165, 1.54) is 0 Å². The van der Waals surface area contributed by atoms with Crippen molar-refractivity contribution in [1.29, 1.82) is 0 Å². The number of rotatable bonds is 4. The zero-order chi connectivity index (χ0) is 14.7. The Morgan fingerprint density at radius 2 is 1.85 bits per heavy atom. The number of aryl methyl sites for hydroxylation is 1. The fraction of sp³-hybridized carbons (Fsp3) is 0.250. The first-order chi connectivity index (χ1) is 9.56. The molecular weight excluding hydrogens is 321 g/mol. The SMILES string of the molecule is CNC(c1ccc(C)cc1F)c1ccc(OC)cc1Br. The van der Waals surface area contributed by atoms with Crippen molar-refractivity contribution in [3.8, 4) is 5.75 Å². The lowest BCUT2D eigenvalue weighted by Crippen LogP contribution is -2.19. The molecule has 0 spiro atoms. The van der Waals surface area contributed by atoms with Crippen LogP contribution in [0.4, 0.5) is 4.39 Å². The van der Waals surface area contributed by atoms with Gasteiger partial charge in [0.1, 0.15) is 11.6 Å². The van der Waals surface area contributed by atoms with E-state index in [1.54, 1.807) is 13.2 Å². The molecular formula is C16H17BrFNO. The molecule has 0 bridgehead atoms. The third-order valence-corrected chi connectivity index (χ3v) is 3.96. The molecule has 106 valence electrons. The number of halogens is 2. The van der Waals surface area contributed by atoms with Crippen molar-refractivity contribution in [3.05, 3.63) is 63.4 Å². The molecule has 0 aromatic heterocycles. The van der Waals surface area contributed by atoms with Crippen LogP contribution in [0.25, 0.3) is 0 Å². The number of benzene rings is 2. The van der Waals surface area contributed by atoms with Gasteiger partial charge in [0.05, 0.1) is 13.2 Å². The third-order valence-electron chi connectivity index (χ3n) is 3.27. The van der Waals surface area contributed by atoms with E-state index in [1.807, 2.05) is 44.3 Å². The van der Waals surface area contributed by atoms with Crippen molar-refractivity contribution in [3.63, 3.8) is 0 Å². The van der Waals surface area contributed by atoms with Crippen LogP contribution in [0.5, 0.6) is 5.75 Å². The van der Waals surface area contributed by atoms with Gasteiger partial charge in [-0.3, -0.25) is 0 Å². The minimum Gasteiger partial charge on any atom is -0.497 e. The maximum Gasteiger partial charge on any atom is 0.128 e. The molecule has 0 saturated carbocycles. The number of ether oxygens (including phenoxy) is 1. The maximum absolute atomic E-state index is 14.2. The van der Waals surface area contributed by atoms with E-state index in [-0.39, 0.29) is 11.9 Å². The fourth-order valence-corrected chi connectivity index (χ4v) is 2.80. The molecule has 0 aliphatic carbocycles. The molecule has 0 aliphatic heterocycles. The normalized spacial score (nSPS) is 12.2. The molecule has 4 heteroatoms. The van der Waals surface area contributed by atoms with E-state index in [2.05, 4.69) is 21.2 Å². The van der Waals surface area contributed by atoms with Crippen LogP contribution < -0.4 is 10.1 Å². The van der Waals surface area contributed by atoms with Gasteiger partial charge in [-0.15, -0.1) is 0 Å². The maximum atomic E-state index is 14.2. The largest absolute Gasteiger partial charge is 0.497 e. The monoisotopic (exact) mass is 337 g/mol. The summed E-state index contributed by atoms with van der Waals surface area (Å²) in [5, 5.41) is 3.16. The van der Waals surface area contributed by atoms with Crippen LogP contribution in [0, 0.1) is 12.7 Å². The van der Waals surface area contributed by atoms with Crippen LogP contribution in [0.1, 0.15) is 22.7 Å². The Kier molecular flexibility index (Phi) is 4.78. The Balaban J connectivity index is 2.47. The Morgan fingerprint density at radius 1 is 1.15 bits per heavy atom. The number of hydrogen-bond acceptors (Lipinski definition) is 2. The summed E-state index contributed by atoms with van der Waals surface area (Å²) in [6, 6.07) is 10.8. The molecule has 1 N–H and O–H groups in total. The van der Waals surface area contributed by atoms with Gasteiger partial charge in [-0.2, -0.15) is 0 Å². The van der Waals surface area contributed by atoms with Crippen molar-refractivity contribution in [1.82, 2.24) is 5.32 Å². The lowest BCUT2D eigenvalue weighted by atomic mass is 9.97. The first-order valence-electron chi connectivity index (χ1n) is 6.33. The summed E-state index contributed by atoms with van der Waals surface area (Å²) < 4.78 is 20.2. The molecule has 2 nitrogen and oxygen atoms in total. The molecule has 1 unspecified atom stereocenters. The van der Waals surface area contributed by atoms with Crippen molar-refractivity contribution in [2.75, 3.05) is 14.2 Å². The summed E-state index contributed by atoms with van der Waals surface area (Å²) in [4.78, 5) is 0. The molecule has 0 amide bonds. The highest BCUT2D eigenvalue weighted by Gasteiger charge is 2.18. The average molecular weight is 338 g/mol. The van der Waals surface area contributed by atoms with Gasteiger partial charge in [-0.1, -0.05) is 34.1 Å². The highest BCUT2D eigenvalue weighted by atomic mass is 79.9. The minimum absolute atomic E-state index is 0.202. The van der Waals surface area contributed by atoms with E-state index >= 15 is 0 Å². The van der Waals surface area contributed by atoms with Crippen LogP contribution in [-0.4, -0.2) is 14.2 Å². The van der Waals surface area contributed by atoms with Crippen LogP contribution in [0.15, 0.2) is 40.9 Å². The zero-order valence-corrected chi connectivity index (χ0v) is 13.3. The Labute approximate surface area is 127 Å². The summed E-state index contributed by atoms with van der Waals surface area (Å²) in [5.74, 6) is 0.562. The van der Waals surface area contributed by atoms with E-state index in [9.17, 15) is 4.39 Å². The van der Waals surface area contributed by atoms with Gasteiger partial charge in [0.25, 0.3) is 0 Å². The molecule has 0 heterocycles. The Bertz CT molecular complexity index is 615. The number of hydrogen-bond donors (Lipinski definition) is 1. The van der Waals surface area contributed by atoms with Crippen molar-refractivity contribution in [2.45, 2.75) is 13.0 Å². The molecule has 2 rings (SSSR count). The molecule has 0 aliphatic rings. The van der Waals surface area contributed by atoms with Gasteiger partial charge in [-0.25, -0.2) is 4.39 Å². The highest BCUT2D eigenvalue weighted by Crippen LogP contribution is 2.32. The van der Waals surface area contributed by atoms with E-state index in [0.717, 1.165) is 21.3 Å². The third kappa shape index (κ3) is 3.02.